The second-order valence-corrected chi connectivity index (χ2v) is 7.67. The molecule has 2 aliphatic carbocycles. The van der Waals surface area contributed by atoms with Crippen molar-refractivity contribution in [2.24, 2.45) is 10.4 Å². The Bertz CT molecular complexity index is 1070. The summed E-state index contributed by atoms with van der Waals surface area (Å²) in [6, 6.07) is 6.01. The van der Waals surface area contributed by atoms with Crippen LogP contribution in [0.1, 0.15) is 19.4 Å². The second-order valence-electron chi connectivity index (χ2n) is 7.67. The van der Waals surface area contributed by atoms with E-state index in [1.807, 2.05) is 0 Å². The summed E-state index contributed by atoms with van der Waals surface area (Å²) in [5.41, 5.74) is -6.60. The van der Waals surface area contributed by atoms with E-state index in [9.17, 15) is 26.3 Å². The van der Waals surface area contributed by atoms with Crippen LogP contribution in [-0.2, 0) is 0 Å². The molecule has 0 N–H and O–H groups in total. The van der Waals surface area contributed by atoms with Crippen molar-refractivity contribution in [2.75, 3.05) is 0 Å². The summed E-state index contributed by atoms with van der Waals surface area (Å²) in [6.07, 6.45) is 4.08. The average Bonchev–Trinajstić information content (AvgIpc) is 2.98. The third-order valence-corrected chi connectivity index (χ3v) is 6.30. The molecule has 2 atom stereocenters. The summed E-state index contributed by atoms with van der Waals surface area (Å²) in [4.78, 5) is 3.87. The third-order valence-electron chi connectivity index (χ3n) is 6.30. The highest BCUT2D eigenvalue weighted by molar-refractivity contribution is 5.92. The van der Waals surface area contributed by atoms with Crippen molar-refractivity contribution in [3.8, 4) is 5.75 Å². The van der Waals surface area contributed by atoms with Gasteiger partial charge >= 0.3 is 17.8 Å². The van der Waals surface area contributed by atoms with E-state index < -0.39 is 45.6 Å². The number of para-hydroxylation sites is 1. The quantitative estimate of drug-likeness (QED) is 0.536. The van der Waals surface area contributed by atoms with Gasteiger partial charge in [-0.15, -0.1) is 0 Å². The largest absolute Gasteiger partial charge is 0.481 e. The Balaban J connectivity index is 2.02. The zero-order valence-corrected chi connectivity index (χ0v) is 14.7. The number of dihydropyridines is 1. The monoisotopic (exact) mass is 397 g/mol. The molecule has 0 spiro atoms. The Hall–Kier alpha value is -2.51. The van der Waals surface area contributed by atoms with Gasteiger partial charge in [-0.25, -0.2) is 0 Å². The SMILES string of the molecule is CC12C=CC=NC1=C1C(=C3c4ccccc4OC32C)C(F)(F)C(F)(F)C1(F)F. The number of fused-ring (bicyclic) bond motifs is 6. The maximum atomic E-state index is 14.9. The molecular formula is C20H13F6NO. The number of allylic oxidation sites excluding steroid dienone is 3. The van der Waals surface area contributed by atoms with Gasteiger partial charge < -0.3 is 4.74 Å². The lowest BCUT2D eigenvalue weighted by Crippen LogP contribution is -2.51. The van der Waals surface area contributed by atoms with E-state index in [1.54, 1.807) is 6.07 Å². The lowest BCUT2D eigenvalue weighted by molar-refractivity contribution is -0.258. The fourth-order valence-electron chi connectivity index (χ4n) is 4.68. The van der Waals surface area contributed by atoms with Crippen LogP contribution in [-0.4, -0.2) is 29.6 Å². The molecule has 1 fully saturated rings. The Morgan fingerprint density at radius 2 is 1.50 bits per heavy atom. The average molecular weight is 397 g/mol. The standard InChI is InChI=1S/C20H13F6NO/c1-16-8-5-9-27-15(16)14-13(18(21,22)20(25,26)19(14,23)24)12-10-6-3-4-7-11(10)28-17(12,16)2/h3-9H,1-2H3. The topological polar surface area (TPSA) is 21.6 Å². The van der Waals surface area contributed by atoms with Crippen molar-refractivity contribution in [3.63, 3.8) is 0 Å². The van der Waals surface area contributed by atoms with Gasteiger partial charge in [0, 0.05) is 22.9 Å². The lowest BCUT2D eigenvalue weighted by Gasteiger charge is -2.47. The first-order chi connectivity index (χ1) is 12.9. The lowest BCUT2D eigenvalue weighted by atomic mass is 9.61. The number of ether oxygens (including phenoxy) is 1. The molecule has 0 saturated heterocycles. The number of alkyl halides is 6. The predicted octanol–water partition coefficient (Wildman–Crippen LogP) is 5.43. The van der Waals surface area contributed by atoms with E-state index in [-0.39, 0.29) is 16.9 Å². The van der Waals surface area contributed by atoms with Crippen LogP contribution < -0.4 is 4.74 Å². The van der Waals surface area contributed by atoms with Gasteiger partial charge in [-0.1, -0.05) is 24.3 Å². The highest BCUT2D eigenvalue weighted by Gasteiger charge is 2.84. The summed E-state index contributed by atoms with van der Waals surface area (Å²) < 4.78 is 94.1. The van der Waals surface area contributed by atoms with E-state index in [1.165, 1.54) is 44.2 Å². The van der Waals surface area contributed by atoms with Gasteiger partial charge in [-0.3, -0.25) is 4.99 Å². The van der Waals surface area contributed by atoms with Crippen molar-refractivity contribution in [1.82, 2.24) is 0 Å². The molecule has 28 heavy (non-hydrogen) atoms. The van der Waals surface area contributed by atoms with Gasteiger partial charge in [0.2, 0.25) is 0 Å². The van der Waals surface area contributed by atoms with E-state index in [0.29, 0.717) is 0 Å². The van der Waals surface area contributed by atoms with Gasteiger partial charge in [0.15, 0.2) is 0 Å². The maximum absolute atomic E-state index is 14.9. The number of aliphatic imine (C=N–C) groups is 1. The van der Waals surface area contributed by atoms with E-state index >= 15 is 0 Å². The summed E-state index contributed by atoms with van der Waals surface area (Å²) in [5, 5.41) is 0. The fraction of sp³-hybridized carbons (Fsp3) is 0.350. The third kappa shape index (κ3) is 1.52. The zero-order valence-electron chi connectivity index (χ0n) is 14.7. The molecule has 0 aromatic heterocycles. The maximum Gasteiger partial charge on any atom is 0.380 e. The van der Waals surface area contributed by atoms with Crippen LogP contribution in [0.25, 0.3) is 5.57 Å². The second kappa shape index (κ2) is 4.55. The molecule has 2 heterocycles. The van der Waals surface area contributed by atoms with E-state index in [2.05, 4.69) is 4.99 Å². The van der Waals surface area contributed by atoms with E-state index in [0.717, 1.165) is 6.21 Å². The summed E-state index contributed by atoms with van der Waals surface area (Å²) in [7, 11) is 0. The van der Waals surface area contributed by atoms with E-state index in [4.69, 9.17) is 4.74 Å². The Kier molecular flexibility index (Phi) is 2.86. The molecule has 1 saturated carbocycles. The number of halogens is 6. The van der Waals surface area contributed by atoms with Gasteiger partial charge in [0.25, 0.3) is 0 Å². The molecule has 4 aliphatic rings. The molecule has 8 heteroatoms. The minimum atomic E-state index is -5.59. The summed E-state index contributed by atoms with van der Waals surface area (Å²) in [6.45, 7) is 2.93. The van der Waals surface area contributed by atoms with Crippen LogP contribution in [0.4, 0.5) is 26.3 Å². The molecule has 1 aromatic carbocycles. The first-order valence-corrected chi connectivity index (χ1v) is 8.56. The molecule has 0 radical (unpaired) electrons. The van der Waals surface area contributed by atoms with Crippen LogP contribution in [0, 0.1) is 5.41 Å². The molecule has 2 aliphatic heterocycles. The number of hydrogen-bond acceptors (Lipinski definition) is 2. The normalized spacial score (nSPS) is 35.3. The van der Waals surface area contributed by atoms with Crippen LogP contribution in [0.15, 0.2) is 58.3 Å². The fourth-order valence-corrected chi connectivity index (χ4v) is 4.68. The minimum absolute atomic E-state index is 0.105. The van der Waals surface area contributed by atoms with Gasteiger partial charge in [-0.05, 0) is 26.0 Å². The Morgan fingerprint density at radius 1 is 0.857 bits per heavy atom. The molecular weight excluding hydrogens is 384 g/mol. The number of nitrogens with zero attached hydrogens (tertiary/aromatic N) is 1. The van der Waals surface area contributed by atoms with Crippen molar-refractivity contribution in [2.45, 2.75) is 37.2 Å². The van der Waals surface area contributed by atoms with Crippen molar-refractivity contribution in [3.05, 3.63) is 58.8 Å². The minimum Gasteiger partial charge on any atom is -0.481 e. The predicted molar refractivity (Wildman–Crippen MR) is 90.0 cm³/mol. The summed E-state index contributed by atoms with van der Waals surface area (Å²) in [5.74, 6) is -15.6. The number of benzene rings is 1. The van der Waals surface area contributed by atoms with Gasteiger partial charge in [-0.2, -0.15) is 26.3 Å². The molecule has 0 amide bonds. The molecule has 5 rings (SSSR count). The molecule has 2 nitrogen and oxygen atoms in total. The first-order valence-electron chi connectivity index (χ1n) is 8.56. The smallest absolute Gasteiger partial charge is 0.380 e. The van der Waals surface area contributed by atoms with Crippen LogP contribution in [0.2, 0.25) is 0 Å². The number of rotatable bonds is 0. The van der Waals surface area contributed by atoms with Crippen molar-refractivity contribution in [1.29, 1.82) is 0 Å². The molecule has 146 valence electrons. The summed E-state index contributed by atoms with van der Waals surface area (Å²) >= 11 is 0. The van der Waals surface area contributed by atoms with Gasteiger partial charge in [0.1, 0.15) is 11.4 Å². The Morgan fingerprint density at radius 3 is 2.21 bits per heavy atom. The Labute approximate surface area is 155 Å². The molecule has 2 unspecified atom stereocenters. The van der Waals surface area contributed by atoms with Crippen LogP contribution >= 0.6 is 0 Å². The van der Waals surface area contributed by atoms with Crippen LogP contribution in [0.5, 0.6) is 5.75 Å². The highest BCUT2D eigenvalue weighted by Crippen LogP contribution is 2.72. The molecule has 1 aromatic rings. The van der Waals surface area contributed by atoms with Crippen LogP contribution in [0.3, 0.4) is 0 Å². The number of hydrogen-bond donors (Lipinski definition) is 0. The van der Waals surface area contributed by atoms with Crippen molar-refractivity contribution >= 4 is 11.8 Å². The van der Waals surface area contributed by atoms with Gasteiger partial charge in [0.05, 0.1) is 16.7 Å². The first kappa shape index (κ1) is 17.6. The van der Waals surface area contributed by atoms with Crippen molar-refractivity contribution < 1.29 is 31.1 Å². The molecule has 0 bridgehead atoms. The highest BCUT2D eigenvalue weighted by atomic mass is 19.3. The zero-order chi connectivity index (χ0) is 20.3.